The standard InChI is InChI=1S/C11H8FNO2S.CH4S/c1-6-13-11(15)10(16-6)5-7-4-8(12)2-3-9(7)14;1-2/h2-5,14H,1H3;2H,1H3/b10-5+;. The minimum Gasteiger partial charge on any atom is -0.507 e. The van der Waals surface area contributed by atoms with Gasteiger partial charge in [0.1, 0.15) is 11.6 Å². The zero-order valence-corrected chi connectivity index (χ0v) is 11.6. The van der Waals surface area contributed by atoms with Gasteiger partial charge >= 0.3 is 0 Å². The highest BCUT2D eigenvalue weighted by molar-refractivity contribution is 8.18. The molecular weight excluding hydrogens is 273 g/mol. The van der Waals surface area contributed by atoms with Gasteiger partial charge in [0.2, 0.25) is 0 Å². The summed E-state index contributed by atoms with van der Waals surface area (Å²) in [6.07, 6.45) is 3.13. The third kappa shape index (κ3) is 3.61. The van der Waals surface area contributed by atoms with E-state index in [-0.39, 0.29) is 17.2 Å². The van der Waals surface area contributed by atoms with Crippen LogP contribution < -0.4 is 0 Å². The van der Waals surface area contributed by atoms with Gasteiger partial charge in [-0.25, -0.2) is 9.38 Å². The van der Waals surface area contributed by atoms with Gasteiger partial charge in [-0.15, -0.1) is 0 Å². The first-order chi connectivity index (χ1) is 8.56. The number of rotatable bonds is 1. The van der Waals surface area contributed by atoms with Crippen molar-refractivity contribution in [1.29, 1.82) is 0 Å². The quantitative estimate of drug-likeness (QED) is 0.616. The van der Waals surface area contributed by atoms with Crippen molar-refractivity contribution in [3.05, 3.63) is 34.5 Å². The molecule has 0 saturated heterocycles. The van der Waals surface area contributed by atoms with Crippen molar-refractivity contribution in [2.45, 2.75) is 6.92 Å². The fourth-order valence-electron chi connectivity index (χ4n) is 1.30. The van der Waals surface area contributed by atoms with E-state index < -0.39 is 5.82 Å². The van der Waals surface area contributed by atoms with E-state index in [9.17, 15) is 14.3 Å². The molecule has 1 heterocycles. The molecule has 2 rings (SSSR count). The number of benzene rings is 1. The number of amides is 1. The Morgan fingerprint density at radius 3 is 2.67 bits per heavy atom. The van der Waals surface area contributed by atoms with E-state index >= 15 is 0 Å². The average Bonchev–Trinajstić information content (AvgIpc) is 2.65. The summed E-state index contributed by atoms with van der Waals surface area (Å²) in [4.78, 5) is 15.4. The van der Waals surface area contributed by atoms with Crippen LogP contribution in [0.25, 0.3) is 6.08 Å². The van der Waals surface area contributed by atoms with E-state index in [2.05, 4.69) is 17.6 Å². The second kappa shape index (κ2) is 6.61. The molecule has 18 heavy (non-hydrogen) atoms. The van der Waals surface area contributed by atoms with Crippen LogP contribution in [0.5, 0.6) is 5.75 Å². The van der Waals surface area contributed by atoms with Crippen molar-refractivity contribution in [3.63, 3.8) is 0 Å². The Labute approximate surface area is 114 Å². The van der Waals surface area contributed by atoms with Gasteiger partial charge in [0.25, 0.3) is 5.91 Å². The van der Waals surface area contributed by atoms with E-state index in [4.69, 9.17) is 0 Å². The fraction of sp³-hybridized carbons (Fsp3) is 0.167. The van der Waals surface area contributed by atoms with Gasteiger partial charge in [-0.05, 0) is 37.5 Å². The lowest BCUT2D eigenvalue weighted by Crippen LogP contribution is -1.88. The smallest absolute Gasteiger partial charge is 0.284 e. The minimum absolute atomic E-state index is 0.0631. The number of aliphatic imine (C=N–C) groups is 1. The molecule has 0 spiro atoms. The summed E-state index contributed by atoms with van der Waals surface area (Å²) in [5.41, 5.74) is 0.278. The molecule has 0 aromatic heterocycles. The molecule has 0 aliphatic carbocycles. The molecule has 1 aliphatic rings. The lowest BCUT2D eigenvalue weighted by molar-refractivity contribution is -0.113. The first-order valence-electron chi connectivity index (χ1n) is 4.98. The number of aromatic hydroxyl groups is 1. The molecule has 1 N–H and O–H groups in total. The van der Waals surface area contributed by atoms with Gasteiger partial charge in [-0.3, -0.25) is 4.79 Å². The van der Waals surface area contributed by atoms with Crippen LogP contribution in [0.1, 0.15) is 12.5 Å². The SMILES string of the molecule is CC1=NC(=O)/C(=C\c2cc(F)ccc2O)S1.CS. The highest BCUT2D eigenvalue weighted by atomic mass is 32.2. The maximum absolute atomic E-state index is 12.9. The van der Waals surface area contributed by atoms with E-state index in [1.807, 2.05) is 0 Å². The molecule has 0 unspecified atom stereocenters. The van der Waals surface area contributed by atoms with Crippen molar-refractivity contribution in [3.8, 4) is 5.75 Å². The fourth-order valence-corrected chi connectivity index (χ4v) is 2.06. The second-order valence-corrected chi connectivity index (χ2v) is 4.48. The number of hydrogen-bond donors (Lipinski definition) is 2. The summed E-state index contributed by atoms with van der Waals surface area (Å²) in [6, 6.07) is 3.58. The van der Waals surface area contributed by atoms with Crippen LogP contribution in [0, 0.1) is 5.82 Å². The predicted octanol–water partition coefficient (Wildman–Crippen LogP) is 3.11. The molecule has 1 aromatic rings. The summed E-state index contributed by atoms with van der Waals surface area (Å²) < 4.78 is 12.9. The Bertz CT molecular complexity index is 527. The van der Waals surface area contributed by atoms with Crippen LogP contribution in [-0.2, 0) is 4.79 Å². The average molecular weight is 285 g/mol. The highest BCUT2D eigenvalue weighted by Gasteiger charge is 2.19. The van der Waals surface area contributed by atoms with Crippen molar-refractivity contribution in [2.24, 2.45) is 4.99 Å². The number of nitrogens with zero attached hydrogens (tertiary/aromatic N) is 1. The topological polar surface area (TPSA) is 49.7 Å². The van der Waals surface area contributed by atoms with E-state index in [1.54, 1.807) is 13.2 Å². The van der Waals surface area contributed by atoms with Crippen LogP contribution in [0.3, 0.4) is 0 Å². The first kappa shape index (κ1) is 14.8. The third-order valence-corrected chi connectivity index (χ3v) is 2.90. The zero-order valence-electron chi connectivity index (χ0n) is 9.85. The van der Waals surface area contributed by atoms with Gasteiger partial charge < -0.3 is 5.11 Å². The van der Waals surface area contributed by atoms with E-state index in [0.717, 1.165) is 6.07 Å². The Balaban J connectivity index is 0.000000771. The monoisotopic (exact) mass is 285 g/mol. The Morgan fingerprint density at radius 2 is 2.11 bits per heavy atom. The van der Waals surface area contributed by atoms with Crippen LogP contribution in [-0.4, -0.2) is 22.3 Å². The summed E-state index contributed by atoms with van der Waals surface area (Å²) in [5, 5.41) is 10.1. The number of phenols is 1. The van der Waals surface area contributed by atoms with Crippen LogP contribution in [0.2, 0.25) is 0 Å². The molecule has 0 atom stereocenters. The number of carbonyl (C=O) groups is 1. The largest absolute Gasteiger partial charge is 0.507 e. The molecule has 0 bridgehead atoms. The third-order valence-electron chi connectivity index (χ3n) is 2.00. The molecule has 1 aromatic carbocycles. The molecular formula is C12H12FNO2S2. The molecule has 1 amide bonds. The van der Waals surface area contributed by atoms with Gasteiger partial charge in [0.15, 0.2) is 0 Å². The molecule has 6 heteroatoms. The van der Waals surface area contributed by atoms with Crippen molar-refractivity contribution in [2.75, 3.05) is 6.26 Å². The molecule has 0 saturated carbocycles. The number of carbonyl (C=O) groups excluding carboxylic acids is 1. The van der Waals surface area contributed by atoms with Gasteiger partial charge in [-0.2, -0.15) is 12.6 Å². The molecule has 1 aliphatic heterocycles. The maximum atomic E-state index is 12.9. The summed E-state index contributed by atoms with van der Waals surface area (Å²) in [5.74, 6) is -0.879. The van der Waals surface area contributed by atoms with Crippen molar-refractivity contribution < 1.29 is 14.3 Å². The highest BCUT2D eigenvalue weighted by Crippen LogP contribution is 2.30. The predicted molar refractivity (Wildman–Crippen MR) is 76.7 cm³/mol. The van der Waals surface area contributed by atoms with Crippen LogP contribution >= 0.6 is 24.4 Å². The summed E-state index contributed by atoms with van der Waals surface area (Å²) >= 11 is 4.74. The zero-order chi connectivity index (χ0) is 13.7. The number of phenolic OH excluding ortho intramolecular Hbond substituents is 1. The van der Waals surface area contributed by atoms with Crippen molar-refractivity contribution in [1.82, 2.24) is 0 Å². The molecule has 0 fully saturated rings. The normalized spacial score (nSPS) is 16.3. The van der Waals surface area contributed by atoms with Gasteiger partial charge in [0.05, 0.1) is 9.95 Å². The second-order valence-electron chi connectivity index (χ2n) is 3.25. The van der Waals surface area contributed by atoms with E-state index in [0.29, 0.717) is 9.95 Å². The molecule has 3 nitrogen and oxygen atoms in total. The van der Waals surface area contributed by atoms with Gasteiger partial charge in [0, 0.05) is 5.56 Å². The number of thiol groups is 1. The summed E-state index contributed by atoms with van der Waals surface area (Å²) in [7, 11) is 0. The molecule has 0 radical (unpaired) electrons. The van der Waals surface area contributed by atoms with Gasteiger partial charge in [-0.1, -0.05) is 11.8 Å². The van der Waals surface area contributed by atoms with Crippen molar-refractivity contribution >= 4 is 41.4 Å². The number of hydrogen-bond acceptors (Lipinski definition) is 4. The number of halogens is 1. The Morgan fingerprint density at radius 1 is 1.44 bits per heavy atom. The molecule has 96 valence electrons. The Kier molecular flexibility index (Phi) is 5.43. The lowest BCUT2D eigenvalue weighted by atomic mass is 10.2. The van der Waals surface area contributed by atoms with Crippen LogP contribution in [0.4, 0.5) is 4.39 Å². The maximum Gasteiger partial charge on any atom is 0.284 e. The minimum atomic E-state index is -0.460. The first-order valence-corrected chi connectivity index (χ1v) is 6.70. The Hall–Kier alpha value is -1.27. The van der Waals surface area contributed by atoms with Crippen LogP contribution in [0.15, 0.2) is 28.1 Å². The van der Waals surface area contributed by atoms with E-state index in [1.165, 1.54) is 30.0 Å². The number of thioether (sulfide) groups is 1. The lowest BCUT2D eigenvalue weighted by Gasteiger charge is -1.99. The summed E-state index contributed by atoms with van der Waals surface area (Å²) in [6.45, 7) is 1.72.